The first kappa shape index (κ1) is 18.1. The van der Waals surface area contributed by atoms with Crippen molar-refractivity contribution in [3.8, 4) is 22.4 Å². The van der Waals surface area contributed by atoms with Gasteiger partial charge < -0.3 is 0 Å². The first-order valence-corrected chi connectivity index (χ1v) is 10.4. The molecule has 1 aromatic heterocycles. The van der Waals surface area contributed by atoms with Gasteiger partial charge in [0.1, 0.15) is 0 Å². The van der Waals surface area contributed by atoms with Crippen LogP contribution in [0.4, 0.5) is 0 Å². The molecule has 144 valence electrons. The van der Waals surface area contributed by atoms with Gasteiger partial charge in [-0.15, -0.1) is 0 Å². The molecule has 0 aliphatic heterocycles. The largest absolute Gasteiger partial charge is 0.256 e. The van der Waals surface area contributed by atoms with Crippen LogP contribution in [-0.2, 0) is 10.8 Å². The van der Waals surface area contributed by atoms with Crippen molar-refractivity contribution >= 4 is 10.8 Å². The summed E-state index contributed by atoms with van der Waals surface area (Å²) in [5.74, 6) is 0. The molecule has 0 saturated heterocycles. The van der Waals surface area contributed by atoms with Crippen molar-refractivity contribution in [2.45, 2.75) is 45.4 Å². The summed E-state index contributed by atoms with van der Waals surface area (Å²) < 4.78 is 0. The number of rotatable bonds is 1. The van der Waals surface area contributed by atoms with Crippen LogP contribution < -0.4 is 0 Å². The number of nitrogens with zero attached hydrogens (tertiary/aromatic N) is 1. The number of hydrogen-bond acceptors (Lipinski definition) is 1. The van der Waals surface area contributed by atoms with Gasteiger partial charge in [0.15, 0.2) is 0 Å². The summed E-state index contributed by atoms with van der Waals surface area (Å²) in [5.41, 5.74) is 9.13. The van der Waals surface area contributed by atoms with Crippen molar-refractivity contribution in [1.29, 1.82) is 0 Å². The highest BCUT2D eigenvalue weighted by Crippen LogP contribution is 2.53. The second-order valence-electron chi connectivity index (χ2n) is 9.75. The third-order valence-corrected chi connectivity index (χ3v) is 6.45. The van der Waals surface area contributed by atoms with Crippen LogP contribution in [0.3, 0.4) is 0 Å². The van der Waals surface area contributed by atoms with E-state index in [9.17, 15) is 0 Å². The van der Waals surface area contributed by atoms with Gasteiger partial charge in [0.2, 0.25) is 0 Å². The molecule has 0 spiro atoms. The Balaban J connectivity index is 1.82. The number of aromatic nitrogens is 1. The van der Waals surface area contributed by atoms with Gasteiger partial charge in [0.25, 0.3) is 0 Å². The molecular formula is C28H27N. The van der Waals surface area contributed by atoms with Crippen LogP contribution in [0.2, 0.25) is 0 Å². The molecule has 0 saturated carbocycles. The molecule has 5 rings (SSSR count). The van der Waals surface area contributed by atoms with E-state index in [0.29, 0.717) is 0 Å². The highest BCUT2D eigenvalue weighted by molar-refractivity contribution is 6.03. The van der Waals surface area contributed by atoms with E-state index in [1.807, 2.05) is 6.20 Å². The minimum Gasteiger partial charge on any atom is -0.256 e. The topological polar surface area (TPSA) is 12.9 Å². The molecule has 0 bridgehead atoms. The fraction of sp³-hybridized carbons (Fsp3) is 0.250. The fourth-order valence-corrected chi connectivity index (χ4v) is 4.87. The molecule has 3 aromatic carbocycles. The summed E-state index contributed by atoms with van der Waals surface area (Å²) in [6.45, 7) is 11.5. The van der Waals surface area contributed by atoms with Gasteiger partial charge in [-0.05, 0) is 56.1 Å². The predicted molar refractivity (Wildman–Crippen MR) is 123 cm³/mol. The standard InChI is InChI=1S/C28H27N/c1-27(2,3)20-11-8-10-19(17-20)26-25-22(15-16-29-26)24-21-12-7-6-9-18(21)13-14-23(24)28(25,4)5/h6-17H,1-5H3. The molecule has 1 aliphatic carbocycles. The zero-order valence-electron chi connectivity index (χ0n) is 17.9. The Morgan fingerprint density at radius 1 is 0.828 bits per heavy atom. The van der Waals surface area contributed by atoms with E-state index in [-0.39, 0.29) is 10.8 Å². The third kappa shape index (κ3) is 2.64. The first-order valence-electron chi connectivity index (χ1n) is 10.4. The quantitative estimate of drug-likeness (QED) is 0.334. The molecule has 1 heterocycles. The zero-order chi connectivity index (χ0) is 20.4. The Labute approximate surface area is 173 Å². The lowest BCUT2D eigenvalue weighted by molar-refractivity contribution is 0.590. The molecule has 0 N–H and O–H groups in total. The number of pyridine rings is 1. The summed E-state index contributed by atoms with van der Waals surface area (Å²) in [6.07, 6.45) is 1.98. The molecule has 1 aliphatic rings. The zero-order valence-corrected chi connectivity index (χ0v) is 17.9. The smallest absolute Gasteiger partial charge is 0.0749 e. The lowest BCUT2D eigenvalue weighted by atomic mass is 9.79. The molecule has 0 fully saturated rings. The van der Waals surface area contributed by atoms with Crippen molar-refractivity contribution in [1.82, 2.24) is 4.98 Å². The second kappa shape index (κ2) is 6.03. The van der Waals surface area contributed by atoms with Crippen LogP contribution in [0.15, 0.2) is 72.9 Å². The molecule has 0 amide bonds. The summed E-state index contributed by atoms with van der Waals surface area (Å²) in [4.78, 5) is 4.90. The minimum absolute atomic E-state index is 0.0873. The second-order valence-corrected chi connectivity index (χ2v) is 9.75. The van der Waals surface area contributed by atoms with E-state index in [2.05, 4.69) is 101 Å². The average molecular weight is 378 g/mol. The number of fused-ring (bicyclic) bond motifs is 5. The molecule has 1 heteroatoms. The van der Waals surface area contributed by atoms with E-state index >= 15 is 0 Å². The molecule has 0 unspecified atom stereocenters. The Hall–Kier alpha value is -2.93. The SMILES string of the molecule is CC(C)(C)c1cccc(-c2nccc3c2C(C)(C)c2ccc4ccccc4c2-3)c1. The van der Waals surface area contributed by atoms with Gasteiger partial charge >= 0.3 is 0 Å². The maximum absolute atomic E-state index is 4.90. The van der Waals surface area contributed by atoms with Crippen molar-refractivity contribution in [3.05, 3.63) is 89.6 Å². The van der Waals surface area contributed by atoms with E-state index in [4.69, 9.17) is 4.98 Å². The van der Waals surface area contributed by atoms with Crippen molar-refractivity contribution in [3.63, 3.8) is 0 Å². The van der Waals surface area contributed by atoms with E-state index < -0.39 is 0 Å². The van der Waals surface area contributed by atoms with Crippen molar-refractivity contribution in [2.75, 3.05) is 0 Å². The van der Waals surface area contributed by atoms with E-state index in [1.54, 1.807) is 0 Å². The van der Waals surface area contributed by atoms with E-state index in [1.165, 1.54) is 44.2 Å². The van der Waals surface area contributed by atoms with Gasteiger partial charge in [0.05, 0.1) is 5.69 Å². The minimum atomic E-state index is -0.0873. The molecule has 0 atom stereocenters. The van der Waals surface area contributed by atoms with Crippen LogP contribution in [0, 0.1) is 0 Å². The summed E-state index contributed by atoms with van der Waals surface area (Å²) in [6, 6.07) is 24.4. The van der Waals surface area contributed by atoms with Crippen LogP contribution in [-0.4, -0.2) is 4.98 Å². The Kier molecular flexibility index (Phi) is 3.77. The van der Waals surface area contributed by atoms with Gasteiger partial charge in [-0.25, -0.2) is 0 Å². The molecule has 4 aromatic rings. The fourth-order valence-electron chi connectivity index (χ4n) is 4.87. The summed E-state index contributed by atoms with van der Waals surface area (Å²) in [5, 5.41) is 2.63. The average Bonchev–Trinajstić information content (AvgIpc) is 2.95. The monoisotopic (exact) mass is 377 g/mol. The number of benzene rings is 3. The highest BCUT2D eigenvalue weighted by Gasteiger charge is 2.39. The highest BCUT2D eigenvalue weighted by atomic mass is 14.7. The lowest BCUT2D eigenvalue weighted by Gasteiger charge is -2.25. The van der Waals surface area contributed by atoms with Crippen molar-refractivity contribution < 1.29 is 0 Å². The Morgan fingerprint density at radius 2 is 1.62 bits per heavy atom. The van der Waals surface area contributed by atoms with Gasteiger partial charge in [-0.1, -0.05) is 89.2 Å². The van der Waals surface area contributed by atoms with Crippen LogP contribution in [0.5, 0.6) is 0 Å². The van der Waals surface area contributed by atoms with Crippen LogP contribution >= 0.6 is 0 Å². The molecular weight excluding hydrogens is 350 g/mol. The number of hydrogen-bond donors (Lipinski definition) is 0. The summed E-state index contributed by atoms with van der Waals surface area (Å²) >= 11 is 0. The van der Waals surface area contributed by atoms with Gasteiger partial charge in [0, 0.05) is 17.2 Å². The molecule has 1 nitrogen and oxygen atoms in total. The Bertz CT molecular complexity index is 1260. The van der Waals surface area contributed by atoms with Crippen LogP contribution in [0.1, 0.15) is 51.3 Å². The van der Waals surface area contributed by atoms with E-state index in [0.717, 1.165) is 5.69 Å². The normalized spacial score (nSPS) is 14.7. The maximum atomic E-state index is 4.90. The van der Waals surface area contributed by atoms with Crippen LogP contribution in [0.25, 0.3) is 33.2 Å². The van der Waals surface area contributed by atoms with Gasteiger partial charge in [-0.2, -0.15) is 0 Å². The van der Waals surface area contributed by atoms with Crippen molar-refractivity contribution in [2.24, 2.45) is 0 Å². The predicted octanol–water partition coefficient (Wildman–Crippen LogP) is 7.51. The maximum Gasteiger partial charge on any atom is 0.0749 e. The first-order chi connectivity index (χ1) is 13.8. The molecule has 0 radical (unpaired) electrons. The van der Waals surface area contributed by atoms with Gasteiger partial charge in [-0.3, -0.25) is 4.98 Å². The third-order valence-electron chi connectivity index (χ3n) is 6.45. The summed E-state index contributed by atoms with van der Waals surface area (Å²) in [7, 11) is 0. The molecule has 29 heavy (non-hydrogen) atoms. The Morgan fingerprint density at radius 3 is 2.41 bits per heavy atom. The lowest BCUT2D eigenvalue weighted by Crippen LogP contribution is -2.17.